The van der Waals surface area contributed by atoms with Crippen molar-refractivity contribution >= 4 is 39.3 Å². The zero-order valence-corrected chi connectivity index (χ0v) is 13.1. The SMILES string of the molecule is Cc1cccc(C(=O)NCC(C)S(C)=O)c1I. The minimum Gasteiger partial charge on any atom is -0.351 e. The fraction of sp³-hybridized carbons (Fsp3) is 0.417. The average molecular weight is 365 g/mol. The van der Waals surface area contributed by atoms with Crippen molar-refractivity contribution in [2.45, 2.75) is 19.1 Å². The third-order valence-electron chi connectivity index (χ3n) is 2.55. The molecule has 2 unspecified atom stereocenters. The van der Waals surface area contributed by atoms with Crippen LogP contribution in [-0.2, 0) is 10.8 Å². The maximum absolute atomic E-state index is 11.9. The molecule has 1 aromatic rings. The molecule has 1 aromatic carbocycles. The third-order valence-corrected chi connectivity index (χ3v) is 5.28. The molecule has 2 atom stereocenters. The summed E-state index contributed by atoms with van der Waals surface area (Å²) in [7, 11) is -0.909. The second kappa shape index (κ2) is 6.49. The largest absolute Gasteiger partial charge is 0.351 e. The number of nitrogens with one attached hydrogen (secondary N) is 1. The molecule has 1 amide bonds. The molecule has 0 aromatic heterocycles. The summed E-state index contributed by atoms with van der Waals surface area (Å²) in [6, 6.07) is 5.65. The summed E-state index contributed by atoms with van der Waals surface area (Å²) in [5, 5.41) is 2.78. The molecule has 3 nitrogen and oxygen atoms in total. The van der Waals surface area contributed by atoms with Gasteiger partial charge >= 0.3 is 0 Å². The minimum absolute atomic E-state index is 0.0265. The lowest BCUT2D eigenvalue weighted by Gasteiger charge is -2.11. The topological polar surface area (TPSA) is 46.2 Å². The van der Waals surface area contributed by atoms with Crippen LogP contribution in [-0.4, -0.2) is 28.2 Å². The molecule has 0 aliphatic rings. The number of aryl methyl sites for hydroxylation is 1. The molecule has 0 aliphatic carbocycles. The molecule has 1 rings (SSSR count). The van der Waals surface area contributed by atoms with Crippen molar-refractivity contribution in [1.82, 2.24) is 5.32 Å². The van der Waals surface area contributed by atoms with E-state index >= 15 is 0 Å². The van der Waals surface area contributed by atoms with Gasteiger partial charge in [0.1, 0.15) is 0 Å². The first-order valence-corrected chi connectivity index (χ1v) is 7.99. The van der Waals surface area contributed by atoms with Crippen LogP contribution in [0.15, 0.2) is 18.2 Å². The maximum Gasteiger partial charge on any atom is 0.252 e. The van der Waals surface area contributed by atoms with E-state index in [4.69, 9.17) is 0 Å². The van der Waals surface area contributed by atoms with Crippen molar-refractivity contribution in [3.8, 4) is 0 Å². The van der Waals surface area contributed by atoms with Crippen molar-refractivity contribution in [1.29, 1.82) is 0 Å². The highest BCUT2D eigenvalue weighted by Gasteiger charge is 2.13. The van der Waals surface area contributed by atoms with Gasteiger partial charge in [0.15, 0.2) is 0 Å². The monoisotopic (exact) mass is 365 g/mol. The van der Waals surface area contributed by atoms with E-state index in [1.54, 1.807) is 12.3 Å². The van der Waals surface area contributed by atoms with Gasteiger partial charge in [0, 0.05) is 32.4 Å². The molecule has 17 heavy (non-hydrogen) atoms. The van der Waals surface area contributed by atoms with Crippen molar-refractivity contribution in [3.63, 3.8) is 0 Å². The van der Waals surface area contributed by atoms with Crippen LogP contribution < -0.4 is 5.32 Å². The second-order valence-electron chi connectivity index (χ2n) is 3.96. The number of amides is 1. The van der Waals surface area contributed by atoms with E-state index in [-0.39, 0.29) is 11.2 Å². The molecule has 0 spiro atoms. The Morgan fingerprint density at radius 1 is 1.53 bits per heavy atom. The number of carbonyl (C=O) groups is 1. The van der Waals surface area contributed by atoms with Crippen molar-refractivity contribution < 1.29 is 9.00 Å². The number of halogens is 1. The van der Waals surface area contributed by atoms with Crippen LogP contribution in [0.1, 0.15) is 22.8 Å². The maximum atomic E-state index is 11.9. The molecule has 1 N–H and O–H groups in total. The average Bonchev–Trinajstić information content (AvgIpc) is 2.29. The normalized spacial score (nSPS) is 14.1. The number of hydrogen-bond acceptors (Lipinski definition) is 2. The van der Waals surface area contributed by atoms with Crippen LogP contribution in [0.4, 0.5) is 0 Å². The van der Waals surface area contributed by atoms with Crippen LogP contribution in [0.2, 0.25) is 0 Å². The highest BCUT2D eigenvalue weighted by Crippen LogP contribution is 2.16. The smallest absolute Gasteiger partial charge is 0.252 e. The Labute approximate surface area is 118 Å². The predicted molar refractivity (Wildman–Crippen MR) is 79.8 cm³/mol. The second-order valence-corrected chi connectivity index (χ2v) is 6.84. The van der Waals surface area contributed by atoms with E-state index < -0.39 is 10.8 Å². The van der Waals surface area contributed by atoms with E-state index in [0.29, 0.717) is 12.1 Å². The molecule has 0 bridgehead atoms. The van der Waals surface area contributed by atoms with Crippen molar-refractivity contribution in [3.05, 3.63) is 32.9 Å². The summed E-state index contributed by atoms with van der Waals surface area (Å²) in [4.78, 5) is 11.9. The molecular formula is C12H16INO2S. The Bertz CT molecular complexity index is 448. The van der Waals surface area contributed by atoms with E-state index in [2.05, 4.69) is 27.9 Å². The lowest BCUT2D eigenvalue weighted by Crippen LogP contribution is -2.33. The fourth-order valence-electron chi connectivity index (χ4n) is 1.27. The van der Waals surface area contributed by atoms with Crippen LogP contribution in [0.3, 0.4) is 0 Å². The predicted octanol–water partition coefficient (Wildman–Crippen LogP) is 2.10. The van der Waals surface area contributed by atoms with E-state index in [0.717, 1.165) is 9.13 Å². The molecular weight excluding hydrogens is 349 g/mol. The van der Waals surface area contributed by atoms with Crippen LogP contribution >= 0.6 is 22.6 Å². The number of hydrogen-bond donors (Lipinski definition) is 1. The summed E-state index contributed by atoms with van der Waals surface area (Å²) in [6.07, 6.45) is 1.65. The first kappa shape index (κ1) is 14.6. The highest BCUT2D eigenvalue weighted by atomic mass is 127. The summed E-state index contributed by atoms with van der Waals surface area (Å²) >= 11 is 2.17. The lowest BCUT2D eigenvalue weighted by molar-refractivity contribution is 0.0953. The van der Waals surface area contributed by atoms with Gasteiger partial charge in [0.25, 0.3) is 5.91 Å². The molecule has 0 saturated carbocycles. The molecule has 0 fully saturated rings. The third kappa shape index (κ3) is 4.06. The molecule has 0 saturated heterocycles. The van der Waals surface area contributed by atoms with Gasteiger partial charge < -0.3 is 5.32 Å². The van der Waals surface area contributed by atoms with Gasteiger partial charge in [-0.2, -0.15) is 0 Å². The molecule has 94 valence electrons. The lowest BCUT2D eigenvalue weighted by atomic mass is 10.1. The fourth-order valence-corrected chi connectivity index (χ4v) is 2.19. The van der Waals surface area contributed by atoms with Crippen LogP contribution in [0.25, 0.3) is 0 Å². The van der Waals surface area contributed by atoms with Gasteiger partial charge in [-0.05, 0) is 48.1 Å². The Kier molecular flexibility index (Phi) is 5.58. The minimum atomic E-state index is -0.909. The van der Waals surface area contributed by atoms with Crippen LogP contribution in [0, 0.1) is 10.5 Å². The summed E-state index contributed by atoms with van der Waals surface area (Å²) in [5.74, 6) is -0.101. The first-order valence-electron chi connectivity index (χ1n) is 5.29. The zero-order valence-electron chi connectivity index (χ0n) is 10.1. The number of carbonyl (C=O) groups excluding carboxylic acids is 1. The quantitative estimate of drug-likeness (QED) is 0.831. The Morgan fingerprint density at radius 3 is 2.76 bits per heavy atom. The summed E-state index contributed by atoms with van der Waals surface area (Å²) in [5.41, 5.74) is 1.77. The van der Waals surface area contributed by atoms with Gasteiger partial charge in [0.2, 0.25) is 0 Å². The Balaban J connectivity index is 2.71. The van der Waals surface area contributed by atoms with Gasteiger partial charge in [0.05, 0.1) is 5.56 Å². The van der Waals surface area contributed by atoms with Gasteiger partial charge in [-0.3, -0.25) is 9.00 Å². The van der Waals surface area contributed by atoms with Crippen molar-refractivity contribution in [2.24, 2.45) is 0 Å². The van der Waals surface area contributed by atoms with Gasteiger partial charge in [-0.15, -0.1) is 0 Å². The zero-order chi connectivity index (χ0) is 13.0. The van der Waals surface area contributed by atoms with Gasteiger partial charge in [-0.25, -0.2) is 0 Å². The number of rotatable bonds is 4. The Hall–Kier alpha value is -0.430. The molecule has 5 heteroatoms. The van der Waals surface area contributed by atoms with Gasteiger partial charge in [-0.1, -0.05) is 12.1 Å². The Morgan fingerprint density at radius 2 is 2.18 bits per heavy atom. The number of benzene rings is 1. The van der Waals surface area contributed by atoms with Crippen LogP contribution in [0.5, 0.6) is 0 Å². The first-order chi connectivity index (χ1) is 7.93. The summed E-state index contributed by atoms with van der Waals surface area (Å²) in [6.45, 7) is 4.27. The molecule has 0 aliphatic heterocycles. The summed E-state index contributed by atoms with van der Waals surface area (Å²) < 4.78 is 12.1. The van der Waals surface area contributed by atoms with E-state index in [1.807, 2.05) is 26.0 Å². The highest BCUT2D eigenvalue weighted by molar-refractivity contribution is 14.1. The molecule has 0 heterocycles. The standard InChI is InChI=1S/C12H16INO2S/c1-8-5-4-6-10(11(8)13)12(15)14-7-9(2)17(3)16/h4-6,9H,7H2,1-3H3,(H,14,15). The van der Waals surface area contributed by atoms with E-state index in [1.165, 1.54) is 0 Å². The van der Waals surface area contributed by atoms with Crippen molar-refractivity contribution in [2.75, 3.05) is 12.8 Å². The van der Waals surface area contributed by atoms with E-state index in [9.17, 15) is 9.00 Å². The molecule has 0 radical (unpaired) electrons.